The molecule has 7 rings (SSSR count). The third kappa shape index (κ3) is 5.05. The fourth-order valence-corrected chi connectivity index (χ4v) is 5.78. The van der Waals surface area contributed by atoms with E-state index in [1.165, 1.54) is 5.56 Å². The number of aromatic nitrogens is 3. The molecule has 0 saturated carbocycles. The van der Waals surface area contributed by atoms with Gasteiger partial charge in [0.25, 0.3) is 0 Å². The molecule has 0 spiro atoms. The van der Waals surface area contributed by atoms with Gasteiger partial charge < -0.3 is 5.11 Å². The maximum absolute atomic E-state index is 11.4. The Hall–Kier alpha value is -5.48. The van der Waals surface area contributed by atoms with Gasteiger partial charge in [0.15, 0.2) is 0 Å². The molecule has 0 atom stereocenters. The molecule has 0 fully saturated rings. The summed E-state index contributed by atoms with van der Waals surface area (Å²) in [7, 11) is 0. The van der Waals surface area contributed by atoms with E-state index >= 15 is 0 Å². The van der Waals surface area contributed by atoms with Crippen molar-refractivity contribution in [1.29, 1.82) is 0 Å². The summed E-state index contributed by atoms with van der Waals surface area (Å²) in [5.41, 5.74) is 10.9. The van der Waals surface area contributed by atoms with E-state index in [4.69, 9.17) is 9.97 Å². The van der Waals surface area contributed by atoms with Crippen molar-refractivity contribution in [1.82, 2.24) is 14.5 Å². The average molecular weight is 572 g/mol. The van der Waals surface area contributed by atoms with Crippen LogP contribution in [0.4, 0.5) is 0 Å². The van der Waals surface area contributed by atoms with Gasteiger partial charge in [-0.1, -0.05) is 106 Å². The van der Waals surface area contributed by atoms with Crippen LogP contribution in [0.15, 0.2) is 140 Å². The summed E-state index contributed by atoms with van der Waals surface area (Å²) in [6, 6.07) is 45.2. The quantitative estimate of drug-likeness (QED) is 0.224. The molecule has 4 heteroatoms. The molecular weight excluding hydrogens is 538 g/mol. The van der Waals surface area contributed by atoms with Crippen molar-refractivity contribution in [2.45, 2.75) is 26.2 Å². The molecule has 0 aliphatic rings. The van der Waals surface area contributed by atoms with Gasteiger partial charge in [0.05, 0.1) is 22.3 Å². The van der Waals surface area contributed by atoms with Gasteiger partial charge in [-0.15, -0.1) is 0 Å². The Bertz CT molecular complexity index is 2110. The van der Waals surface area contributed by atoms with Crippen LogP contribution in [0.5, 0.6) is 5.75 Å². The maximum atomic E-state index is 11.4. The number of nitrogens with zero attached hydrogens (tertiary/aromatic N) is 3. The largest absolute Gasteiger partial charge is 0.507 e. The number of fused-ring (bicyclic) bond motifs is 1. The molecule has 0 amide bonds. The molecule has 5 aromatic carbocycles. The molecule has 1 N–H and O–H groups in total. The van der Waals surface area contributed by atoms with Gasteiger partial charge in [-0.25, -0.2) is 4.98 Å². The van der Waals surface area contributed by atoms with Crippen LogP contribution in [-0.2, 0) is 5.41 Å². The van der Waals surface area contributed by atoms with E-state index in [0.717, 1.165) is 50.2 Å². The summed E-state index contributed by atoms with van der Waals surface area (Å²) < 4.78 is 2.13. The highest BCUT2D eigenvalue weighted by Gasteiger charge is 2.20. The number of aromatic hydroxyl groups is 1. The first-order chi connectivity index (χ1) is 21.4. The summed E-state index contributed by atoms with van der Waals surface area (Å²) in [5, 5.41) is 11.4. The van der Waals surface area contributed by atoms with E-state index in [1.54, 1.807) is 0 Å². The molecule has 0 bridgehead atoms. The first kappa shape index (κ1) is 27.4. The Labute approximate surface area is 258 Å². The Balaban J connectivity index is 1.40. The average Bonchev–Trinajstić information content (AvgIpc) is 3.45. The Kier molecular flexibility index (Phi) is 6.83. The number of hydrogen-bond acceptors (Lipinski definition) is 3. The Morgan fingerprint density at radius 1 is 0.591 bits per heavy atom. The standard InChI is InChI=1S/C40H33N3O/c1-40(2,3)31-22-23-41-35(26-31)30-15-10-14-29(24-30)33-18-11-19-36-38(33)42-39(43(36)32-16-8-5-9-17-32)34-21-20-28(25-37(34)44)27-12-6-4-7-13-27/h4-26,44H,1-3H3. The minimum Gasteiger partial charge on any atom is -0.507 e. The zero-order valence-corrected chi connectivity index (χ0v) is 25.1. The van der Waals surface area contributed by atoms with Crippen LogP contribution in [0.1, 0.15) is 26.3 Å². The third-order valence-corrected chi connectivity index (χ3v) is 8.14. The lowest BCUT2D eigenvalue weighted by atomic mass is 9.87. The van der Waals surface area contributed by atoms with Gasteiger partial charge in [0.2, 0.25) is 0 Å². The van der Waals surface area contributed by atoms with Crippen LogP contribution in [0, 0.1) is 0 Å². The van der Waals surface area contributed by atoms with Gasteiger partial charge in [0, 0.05) is 23.0 Å². The van der Waals surface area contributed by atoms with Crippen LogP contribution in [0.25, 0.3) is 61.6 Å². The lowest BCUT2D eigenvalue weighted by Crippen LogP contribution is -2.11. The lowest BCUT2D eigenvalue weighted by Gasteiger charge is -2.19. The van der Waals surface area contributed by atoms with Crippen molar-refractivity contribution in [3.05, 3.63) is 145 Å². The van der Waals surface area contributed by atoms with Crippen LogP contribution in [0.2, 0.25) is 0 Å². The summed E-state index contributed by atoms with van der Waals surface area (Å²) in [4.78, 5) is 9.94. The highest BCUT2D eigenvalue weighted by Crippen LogP contribution is 2.39. The minimum atomic E-state index is 0.0342. The monoisotopic (exact) mass is 571 g/mol. The summed E-state index contributed by atoms with van der Waals surface area (Å²) in [5.74, 6) is 0.874. The van der Waals surface area contributed by atoms with Crippen molar-refractivity contribution in [2.24, 2.45) is 0 Å². The number of rotatable bonds is 5. The zero-order chi connectivity index (χ0) is 30.3. The molecule has 0 aliphatic heterocycles. The van der Waals surface area contributed by atoms with Crippen LogP contribution in [0.3, 0.4) is 0 Å². The van der Waals surface area contributed by atoms with Crippen molar-refractivity contribution in [3.8, 4) is 56.3 Å². The van der Waals surface area contributed by atoms with E-state index < -0.39 is 0 Å². The maximum Gasteiger partial charge on any atom is 0.149 e. The first-order valence-corrected chi connectivity index (χ1v) is 14.9. The van der Waals surface area contributed by atoms with Gasteiger partial charge in [-0.2, -0.15) is 0 Å². The Morgan fingerprint density at radius 3 is 2.05 bits per heavy atom. The Morgan fingerprint density at radius 2 is 1.30 bits per heavy atom. The number of hydrogen-bond donors (Lipinski definition) is 1. The highest BCUT2D eigenvalue weighted by molar-refractivity contribution is 5.96. The fourth-order valence-electron chi connectivity index (χ4n) is 5.78. The number of phenols is 1. The van der Waals surface area contributed by atoms with Crippen molar-refractivity contribution >= 4 is 11.0 Å². The van der Waals surface area contributed by atoms with Crippen LogP contribution >= 0.6 is 0 Å². The molecule has 7 aromatic rings. The lowest BCUT2D eigenvalue weighted by molar-refractivity contribution is 0.477. The molecule has 0 aliphatic carbocycles. The van der Waals surface area contributed by atoms with E-state index in [1.807, 2.05) is 72.9 Å². The van der Waals surface area contributed by atoms with Gasteiger partial charge in [-0.3, -0.25) is 9.55 Å². The summed E-state index contributed by atoms with van der Waals surface area (Å²) in [6.07, 6.45) is 1.90. The van der Waals surface area contributed by atoms with Crippen molar-refractivity contribution in [2.75, 3.05) is 0 Å². The number of imidazole rings is 1. The second-order valence-corrected chi connectivity index (χ2v) is 12.1. The minimum absolute atomic E-state index is 0.0342. The van der Waals surface area contributed by atoms with Gasteiger partial charge in [0.1, 0.15) is 11.6 Å². The molecule has 4 nitrogen and oxygen atoms in total. The van der Waals surface area contributed by atoms with E-state index in [2.05, 4.69) is 92.1 Å². The van der Waals surface area contributed by atoms with E-state index in [0.29, 0.717) is 11.4 Å². The predicted molar refractivity (Wildman–Crippen MR) is 181 cm³/mol. The zero-order valence-electron chi connectivity index (χ0n) is 25.1. The van der Waals surface area contributed by atoms with E-state index in [-0.39, 0.29) is 11.2 Å². The van der Waals surface area contributed by atoms with E-state index in [9.17, 15) is 5.11 Å². The number of para-hydroxylation sites is 2. The molecular formula is C40H33N3O. The van der Waals surface area contributed by atoms with Gasteiger partial charge >= 0.3 is 0 Å². The topological polar surface area (TPSA) is 50.9 Å². The van der Waals surface area contributed by atoms with Gasteiger partial charge in [-0.05, 0) is 76.2 Å². The molecule has 214 valence electrons. The van der Waals surface area contributed by atoms with Crippen molar-refractivity contribution in [3.63, 3.8) is 0 Å². The molecule has 0 radical (unpaired) electrons. The number of phenolic OH excluding ortho intramolecular Hbond substituents is 1. The summed E-state index contributed by atoms with van der Waals surface area (Å²) in [6.45, 7) is 6.66. The third-order valence-electron chi connectivity index (χ3n) is 8.14. The predicted octanol–water partition coefficient (Wildman–Crippen LogP) is 10.1. The number of benzene rings is 5. The fraction of sp³-hybridized carbons (Fsp3) is 0.100. The van der Waals surface area contributed by atoms with Crippen molar-refractivity contribution < 1.29 is 5.11 Å². The normalized spacial score (nSPS) is 11.6. The first-order valence-electron chi connectivity index (χ1n) is 14.9. The van der Waals surface area contributed by atoms with Crippen LogP contribution in [-0.4, -0.2) is 19.6 Å². The molecule has 0 unspecified atom stereocenters. The number of pyridine rings is 1. The van der Waals surface area contributed by atoms with Crippen LogP contribution < -0.4 is 0 Å². The molecule has 0 saturated heterocycles. The SMILES string of the molecule is CC(C)(C)c1ccnc(-c2cccc(-c3cccc4c3nc(-c3ccc(-c5ccccc5)cc3O)n4-c3ccccc3)c2)c1. The smallest absolute Gasteiger partial charge is 0.149 e. The molecule has 2 heterocycles. The molecule has 44 heavy (non-hydrogen) atoms. The highest BCUT2D eigenvalue weighted by atomic mass is 16.3. The second kappa shape index (κ2) is 11.0. The summed E-state index contributed by atoms with van der Waals surface area (Å²) >= 11 is 0. The second-order valence-electron chi connectivity index (χ2n) is 12.1. The molecule has 2 aromatic heterocycles.